The number of piperidine rings is 1. The zero-order valence-corrected chi connectivity index (χ0v) is 20.5. The second kappa shape index (κ2) is 11.0. The van der Waals surface area contributed by atoms with Crippen molar-refractivity contribution < 1.29 is 4.74 Å². The van der Waals surface area contributed by atoms with Gasteiger partial charge in [0.1, 0.15) is 5.75 Å². The van der Waals surface area contributed by atoms with Gasteiger partial charge >= 0.3 is 5.69 Å². The van der Waals surface area contributed by atoms with Gasteiger partial charge in [-0.15, -0.1) is 0 Å². The first-order valence-electron chi connectivity index (χ1n) is 11.4. The van der Waals surface area contributed by atoms with E-state index in [0.717, 1.165) is 54.7 Å². The van der Waals surface area contributed by atoms with E-state index in [1.54, 1.807) is 13.2 Å². The lowest BCUT2D eigenvalue weighted by atomic mass is 9.90. The van der Waals surface area contributed by atoms with Crippen LogP contribution in [0.3, 0.4) is 0 Å². The van der Waals surface area contributed by atoms with E-state index in [0.29, 0.717) is 18.0 Å². The van der Waals surface area contributed by atoms with Crippen molar-refractivity contribution in [3.8, 4) is 5.75 Å². The molecule has 1 saturated heterocycles. The first-order valence-corrected chi connectivity index (χ1v) is 12.2. The van der Waals surface area contributed by atoms with Crippen LogP contribution in [0.4, 0.5) is 0 Å². The van der Waals surface area contributed by atoms with Crippen LogP contribution >= 0.6 is 15.9 Å². The smallest absolute Gasteiger partial charge is 0.328 e. The summed E-state index contributed by atoms with van der Waals surface area (Å²) in [6, 6.07) is 17.3. The van der Waals surface area contributed by atoms with Crippen LogP contribution in [0, 0.1) is 5.92 Å². The Kier molecular flexibility index (Phi) is 7.83. The van der Waals surface area contributed by atoms with Gasteiger partial charge < -0.3 is 14.6 Å². The molecule has 6 nitrogen and oxygen atoms in total. The Morgan fingerprint density at radius 1 is 1.06 bits per heavy atom. The van der Waals surface area contributed by atoms with Crippen molar-refractivity contribution in [2.75, 3.05) is 26.7 Å². The highest BCUT2D eigenvalue weighted by atomic mass is 79.9. The summed E-state index contributed by atoms with van der Waals surface area (Å²) in [7, 11) is 1.70. The zero-order valence-electron chi connectivity index (χ0n) is 18.9. The van der Waals surface area contributed by atoms with Crippen LogP contribution in [0.15, 0.2) is 68.7 Å². The number of rotatable bonds is 8. The molecule has 0 saturated carbocycles. The highest BCUT2D eigenvalue weighted by molar-refractivity contribution is 9.10. The Balaban J connectivity index is 1.29. The van der Waals surface area contributed by atoms with E-state index in [4.69, 9.17) is 4.74 Å². The Morgan fingerprint density at radius 3 is 2.52 bits per heavy atom. The van der Waals surface area contributed by atoms with E-state index in [1.165, 1.54) is 10.1 Å². The largest absolute Gasteiger partial charge is 0.497 e. The maximum Gasteiger partial charge on any atom is 0.328 e. The topological polar surface area (TPSA) is 67.3 Å². The van der Waals surface area contributed by atoms with Crippen LogP contribution < -0.4 is 16.0 Å². The second-order valence-electron chi connectivity index (χ2n) is 8.71. The van der Waals surface area contributed by atoms with Crippen molar-refractivity contribution in [3.63, 3.8) is 0 Å². The van der Waals surface area contributed by atoms with E-state index in [9.17, 15) is 9.59 Å². The van der Waals surface area contributed by atoms with Crippen molar-refractivity contribution in [3.05, 3.63) is 96.7 Å². The molecule has 1 fully saturated rings. The molecule has 33 heavy (non-hydrogen) atoms. The zero-order chi connectivity index (χ0) is 23.2. The third-order valence-electron chi connectivity index (χ3n) is 6.43. The summed E-state index contributed by atoms with van der Waals surface area (Å²) in [6.45, 7) is 3.18. The van der Waals surface area contributed by atoms with Crippen molar-refractivity contribution in [1.82, 2.24) is 14.5 Å². The number of methoxy groups -OCH3 is 1. The predicted molar refractivity (Wildman–Crippen MR) is 134 cm³/mol. The number of nitrogens with zero attached hydrogens (tertiary/aromatic N) is 2. The van der Waals surface area contributed by atoms with Crippen LogP contribution in [0.1, 0.15) is 29.7 Å². The van der Waals surface area contributed by atoms with Gasteiger partial charge in [-0.2, -0.15) is 0 Å². The molecule has 0 radical (unpaired) electrons. The predicted octanol–water partition coefficient (Wildman–Crippen LogP) is 3.85. The summed E-state index contributed by atoms with van der Waals surface area (Å²) >= 11 is 3.66. The van der Waals surface area contributed by atoms with Crippen LogP contribution in [0.25, 0.3) is 0 Å². The maximum atomic E-state index is 12.5. The SMILES string of the molecule is COc1ccc(Br)c(CC2CCN(CCc3cc(=O)n(Cc4ccccc4)c(=O)[nH]3)CC2)c1. The Hall–Kier alpha value is -2.64. The van der Waals surface area contributed by atoms with Gasteiger partial charge in [0.2, 0.25) is 0 Å². The molecule has 0 atom stereocenters. The first-order chi connectivity index (χ1) is 16.0. The molecular formula is C26H30BrN3O3. The molecule has 0 aliphatic carbocycles. The summed E-state index contributed by atoms with van der Waals surface area (Å²) in [5.74, 6) is 1.54. The second-order valence-corrected chi connectivity index (χ2v) is 9.56. The quantitative estimate of drug-likeness (QED) is 0.498. The third-order valence-corrected chi connectivity index (χ3v) is 7.20. The normalized spacial score (nSPS) is 15.0. The molecule has 174 valence electrons. The highest BCUT2D eigenvalue weighted by Gasteiger charge is 2.20. The molecule has 0 amide bonds. The number of benzene rings is 2. The van der Waals surface area contributed by atoms with E-state index < -0.39 is 0 Å². The lowest BCUT2D eigenvalue weighted by molar-refractivity contribution is 0.185. The molecule has 1 aromatic heterocycles. The molecule has 4 rings (SSSR count). The van der Waals surface area contributed by atoms with E-state index in [-0.39, 0.29) is 17.8 Å². The number of ether oxygens (including phenoxy) is 1. The molecular weight excluding hydrogens is 482 g/mol. The van der Waals surface area contributed by atoms with Crippen molar-refractivity contribution in [2.24, 2.45) is 5.92 Å². The van der Waals surface area contributed by atoms with Gasteiger partial charge in [-0.05, 0) is 67.6 Å². The fourth-order valence-corrected chi connectivity index (χ4v) is 4.87. The van der Waals surface area contributed by atoms with Gasteiger partial charge in [-0.3, -0.25) is 9.36 Å². The maximum absolute atomic E-state index is 12.5. The number of H-pyrrole nitrogens is 1. The highest BCUT2D eigenvalue weighted by Crippen LogP contribution is 2.28. The average Bonchev–Trinajstić information content (AvgIpc) is 2.83. The molecule has 7 heteroatoms. The minimum Gasteiger partial charge on any atom is -0.497 e. The summed E-state index contributed by atoms with van der Waals surface area (Å²) in [5, 5.41) is 0. The number of hydrogen-bond acceptors (Lipinski definition) is 4. The lowest BCUT2D eigenvalue weighted by Crippen LogP contribution is -2.38. The van der Waals surface area contributed by atoms with Crippen LogP contribution in [-0.4, -0.2) is 41.2 Å². The molecule has 0 bridgehead atoms. The molecule has 2 aromatic carbocycles. The van der Waals surface area contributed by atoms with E-state index in [2.05, 4.69) is 37.9 Å². The minimum absolute atomic E-state index is 0.250. The van der Waals surface area contributed by atoms with Crippen molar-refractivity contribution in [2.45, 2.75) is 32.2 Å². The number of likely N-dealkylation sites (tertiary alicyclic amines) is 1. The first kappa shape index (κ1) is 23.5. The molecule has 1 aliphatic rings. The summed E-state index contributed by atoms with van der Waals surface area (Å²) in [6.07, 6.45) is 3.99. The number of aromatic amines is 1. The Bertz CT molecular complexity index is 1150. The summed E-state index contributed by atoms with van der Waals surface area (Å²) < 4.78 is 7.75. The number of nitrogens with one attached hydrogen (secondary N) is 1. The molecule has 1 N–H and O–H groups in total. The van der Waals surface area contributed by atoms with Gasteiger partial charge in [0.05, 0.1) is 13.7 Å². The Morgan fingerprint density at radius 2 is 1.82 bits per heavy atom. The number of hydrogen-bond donors (Lipinski definition) is 1. The molecule has 1 aliphatic heterocycles. The molecule has 0 unspecified atom stereocenters. The molecule has 3 aromatic rings. The number of halogens is 1. The third kappa shape index (κ3) is 6.24. The van der Waals surface area contributed by atoms with E-state index in [1.807, 2.05) is 36.4 Å². The van der Waals surface area contributed by atoms with Crippen LogP contribution in [0.2, 0.25) is 0 Å². The van der Waals surface area contributed by atoms with Gasteiger partial charge in [-0.1, -0.05) is 46.3 Å². The van der Waals surface area contributed by atoms with Crippen molar-refractivity contribution in [1.29, 1.82) is 0 Å². The molecule has 2 heterocycles. The molecule has 0 spiro atoms. The standard InChI is InChI=1S/C26H30BrN3O3/c1-33-23-7-8-24(27)21(16-23)15-19-9-12-29(13-10-19)14-11-22-17-25(31)30(26(32)28-22)18-20-5-3-2-4-6-20/h2-8,16-17,19H,9-15,18H2,1H3,(H,28,32). The fourth-order valence-electron chi connectivity index (χ4n) is 4.46. The summed E-state index contributed by atoms with van der Waals surface area (Å²) in [5.41, 5.74) is 2.34. The summed E-state index contributed by atoms with van der Waals surface area (Å²) in [4.78, 5) is 30.3. The monoisotopic (exact) mass is 511 g/mol. The van der Waals surface area contributed by atoms with Gasteiger partial charge in [-0.25, -0.2) is 4.79 Å². The van der Waals surface area contributed by atoms with Gasteiger partial charge in [0, 0.05) is 29.2 Å². The average molecular weight is 512 g/mol. The van der Waals surface area contributed by atoms with Crippen LogP contribution in [0.5, 0.6) is 5.75 Å². The Labute approximate surface area is 202 Å². The number of aromatic nitrogens is 2. The minimum atomic E-state index is -0.344. The van der Waals surface area contributed by atoms with E-state index >= 15 is 0 Å². The van der Waals surface area contributed by atoms with Gasteiger partial charge in [0.25, 0.3) is 5.56 Å². The van der Waals surface area contributed by atoms with Gasteiger partial charge in [0.15, 0.2) is 0 Å². The van der Waals surface area contributed by atoms with Crippen LogP contribution in [-0.2, 0) is 19.4 Å². The lowest BCUT2D eigenvalue weighted by Gasteiger charge is -2.32. The fraction of sp³-hybridized carbons (Fsp3) is 0.385. The van der Waals surface area contributed by atoms with Crippen molar-refractivity contribution >= 4 is 15.9 Å².